The van der Waals surface area contributed by atoms with Crippen molar-refractivity contribution in [1.82, 2.24) is 10.1 Å². The minimum absolute atomic E-state index is 0.0358. The second-order valence-electron chi connectivity index (χ2n) is 7.40. The fraction of sp³-hybridized carbons (Fsp3) is 0.0417. The molecule has 0 aliphatic heterocycles. The van der Waals surface area contributed by atoms with Crippen LogP contribution in [0.2, 0.25) is 0 Å². The first-order chi connectivity index (χ1) is 15.9. The molecule has 0 bridgehead atoms. The third kappa shape index (κ3) is 4.13. The molecule has 0 radical (unpaired) electrons. The molecule has 33 heavy (non-hydrogen) atoms. The molecule has 3 aromatic carbocycles. The van der Waals surface area contributed by atoms with Crippen molar-refractivity contribution in [2.45, 2.75) is 11.8 Å². The van der Waals surface area contributed by atoms with Gasteiger partial charge in [-0.25, -0.2) is 13.2 Å². The van der Waals surface area contributed by atoms with Crippen molar-refractivity contribution in [1.29, 1.82) is 0 Å². The first-order valence-electron chi connectivity index (χ1n) is 9.96. The van der Waals surface area contributed by atoms with Crippen molar-refractivity contribution in [3.05, 3.63) is 94.8 Å². The predicted molar refractivity (Wildman–Crippen MR) is 123 cm³/mol. The monoisotopic (exact) mass is 459 g/mol. The molecule has 0 fully saturated rings. The molecule has 0 atom stereocenters. The molecule has 164 valence electrons. The first kappa shape index (κ1) is 20.7. The van der Waals surface area contributed by atoms with E-state index in [9.17, 15) is 13.2 Å². The van der Waals surface area contributed by atoms with Crippen LogP contribution in [0, 0.1) is 6.92 Å². The molecule has 5 aromatic rings. The second-order valence-corrected chi connectivity index (χ2v) is 9.09. The largest absolute Gasteiger partial charge is 0.422 e. The molecule has 0 unspecified atom stereocenters. The summed E-state index contributed by atoms with van der Waals surface area (Å²) in [7, 11) is -3.71. The summed E-state index contributed by atoms with van der Waals surface area (Å²) >= 11 is 0. The second kappa shape index (κ2) is 8.03. The van der Waals surface area contributed by atoms with Crippen molar-refractivity contribution >= 4 is 26.7 Å². The summed E-state index contributed by atoms with van der Waals surface area (Å²) < 4.78 is 38.3. The summed E-state index contributed by atoms with van der Waals surface area (Å²) in [4.78, 5) is 16.8. The lowest BCUT2D eigenvalue weighted by molar-refractivity contribution is 0.429. The van der Waals surface area contributed by atoms with Crippen LogP contribution in [0.4, 0.5) is 5.69 Å². The minimum atomic E-state index is -3.71. The molecule has 0 amide bonds. The Morgan fingerprint density at radius 2 is 1.64 bits per heavy atom. The van der Waals surface area contributed by atoms with E-state index in [1.807, 2.05) is 19.1 Å². The average molecular weight is 459 g/mol. The zero-order valence-electron chi connectivity index (χ0n) is 17.3. The van der Waals surface area contributed by atoms with Gasteiger partial charge in [0, 0.05) is 16.6 Å². The molecule has 5 rings (SSSR count). The lowest BCUT2D eigenvalue weighted by Crippen LogP contribution is -2.12. The van der Waals surface area contributed by atoms with Crippen LogP contribution in [-0.4, -0.2) is 18.6 Å². The van der Waals surface area contributed by atoms with Crippen molar-refractivity contribution < 1.29 is 17.4 Å². The van der Waals surface area contributed by atoms with Gasteiger partial charge in [-0.05, 0) is 55.5 Å². The number of anilines is 1. The molecule has 9 heteroatoms. The smallest absolute Gasteiger partial charge is 0.349 e. The summed E-state index contributed by atoms with van der Waals surface area (Å²) in [6.45, 7) is 1.89. The fourth-order valence-electron chi connectivity index (χ4n) is 3.28. The maximum Gasteiger partial charge on any atom is 0.349 e. The Hall–Kier alpha value is -4.24. The van der Waals surface area contributed by atoms with E-state index in [0.717, 1.165) is 10.9 Å². The van der Waals surface area contributed by atoms with Crippen molar-refractivity contribution in [2.24, 2.45) is 0 Å². The molecule has 0 aliphatic carbocycles. The Morgan fingerprint density at radius 1 is 0.909 bits per heavy atom. The number of hydrogen-bond acceptors (Lipinski definition) is 7. The van der Waals surface area contributed by atoms with Gasteiger partial charge in [0.25, 0.3) is 15.9 Å². The molecule has 0 aliphatic rings. The Morgan fingerprint density at radius 3 is 2.39 bits per heavy atom. The van der Waals surface area contributed by atoms with E-state index in [-0.39, 0.29) is 22.2 Å². The number of hydrogen-bond donors (Lipinski definition) is 1. The summed E-state index contributed by atoms with van der Waals surface area (Å²) in [5.41, 5.74) is 2.00. The zero-order chi connectivity index (χ0) is 23.0. The molecule has 1 N–H and O–H groups in total. The standard InChI is InChI=1S/C24H17N3O5S/c1-15-6-12-19(13-7-15)33(29,30)27-18-10-8-16(9-11-18)22-25-23(32-26-22)20-14-17-4-2-3-5-21(17)31-24(20)28/h2-14,27H,1H3. The Kier molecular flexibility index (Phi) is 5.02. The molecule has 2 heterocycles. The quantitative estimate of drug-likeness (QED) is 0.381. The van der Waals surface area contributed by atoms with Gasteiger partial charge in [0.2, 0.25) is 5.82 Å². The molecule has 0 spiro atoms. The number of sulfonamides is 1. The van der Waals surface area contributed by atoms with Gasteiger partial charge in [0.05, 0.1) is 4.90 Å². The predicted octanol–water partition coefficient (Wildman–Crippen LogP) is 4.62. The van der Waals surface area contributed by atoms with E-state index in [0.29, 0.717) is 16.8 Å². The number of nitrogens with zero attached hydrogens (tertiary/aromatic N) is 2. The maximum atomic E-state index is 12.6. The Labute approximate surface area is 188 Å². The highest BCUT2D eigenvalue weighted by molar-refractivity contribution is 7.92. The van der Waals surface area contributed by atoms with E-state index < -0.39 is 15.6 Å². The molecule has 0 saturated carbocycles. The van der Waals surface area contributed by atoms with Crippen molar-refractivity contribution in [2.75, 3.05) is 4.72 Å². The molecular weight excluding hydrogens is 442 g/mol. The third-order valence-electron chi connectivity index (χ3n) is 5.02. The average Bonchev–Trinajstić information content (AvgIpc) is 3.29. The van der Waals surface area contributed by atoms with Crippen LogP contribution in [-0.2, 0) is 10.0 Å². The lowest BCUT2D eigenvalue weighted by Gasteiger charge is -2.08. The summed E-state index contributed by atoms with van der Waals surface area (Å²) in [6.07, 6.45) is 0. The maximum absolute atomic E-state index is 12.6. The van der Waals surface area contributed by atoms with Crippen LogP contribution >= 0.6 is 0 Å². The highest BCUT2D eigenvalue weighted by atomic mass is 32.2. The first-order valence-corrected chi connectivity index (χ1v) is 11.4. The number of fused-ring (bicyclic) bond motifs is 1. The van der Waals surface area contributed by atoms with Gasteiger partial charge >= 0.3 is 5.63 Å². The number of aromatic nitrogens is 2. The fourth-order valence-corrected chi connectivity index (χ4v) is 4.34. The summed E-state index contributed by atoms with van der Waals surface area (Å²) in [5, 5.41) is 4.67. The summed E-state index contributed by atoms with van der Waals surface area (Å²) in [5.74, 6) is 0.291. The number of nitrogens with one attached hydrogen (secondary N) is 1. The molecule has 0 saturated heterocycles. The third-order valence-corrected chi connectivity index (χ3v) is 6.42. The zero-order valence-corrected chi connectivity index (χ0v) is 18.2. The Bertz CT molecular complexity index is 1620. The molecule has 8 nitrogen and oxygen atoms in total. The lowest BCUT2D eigenvalue weighted by atomic mass is 10.2. The van der Waals surface area contributed by atoms with Crippen molar-refractivity contribution in [3.8, 4) is 22.8 Å². The van der Waals surface area contributed by atoms with Gasteiger partial charge in [-0.3, -0.25) is 4.72 Å². The number of rotatable bonds is 5. The number of para-hydroxylation sites is 1. The van der Waals surface area contributed by atoms with Gasteiger partial charge in [-0.1, -0.05) is 41.1 Å². The molecule has 2 aromatic heterocycles. The van der Waals surface area contributed by atoms with Crippen LogP contribution in [0.25, 0.3) is 33.8 Å². The SMILES string of the molecule is Cc1ccc(S(=O)(=O)Nc2ccc(-c3noc(-c4cc5ccccc5oc4=O)n3)cc2)cc1. The van der Waals surface area contributed by atoms with Gasteiger partial charge in [0.1, 0.15) is 11.1 Å². The van der Waals surface area contributed by atoms with Gasteiger partial charge < -0.3 is 8.94 Å². The highest BCUT2D eigenvalue weighted by Gasteiger charge is 2.17. The van der Waals surface area contributed by atoms with Crippen LogP contribution in [0.15, 0.2) is 97.5 Å². The van der Waals surface area contributed by atoms with Crippen molar-refractivity contribution in [3.63, 3.8) is 0 Å². The number of aryl methyl sites for hydroxylation is 1. The van der Waals surface area contributed by atoms with Gasteiger partial charge in [-0.15, -0.1) is 0 Å². The van der Waals surface area contributed by atoms with Crippen LogP contribution in [0.1, 0.15) is 5.56 Å². The van der Waals surface area contributed by atoms with E-state index in [4.69, 9.17) is 8.94 Å². The summed E-state index contributed by atoms with van der Waals surface area (Å²) in [6, 6.07) is 21.9. The van der Waals surface area contributed by atoms with Gasteiger partial charge in [-0.2, -0.15) is 4.98 Å². The number of benzene rings is 3. The topological polar surface area (TPSA) is 115 Å². The minimum Gasteiger partial charge on any atom is -0.422 e. The highest BCUT2D eigenvalue weighted by Crippen LogP contribution is 2.25. The van der Waals surface area contributed by atoms with E-state index >= 15 is 0 Å². The van der Waals surface area contributed by atoms with Crippen LogP contribution in [0.3, 0.4) is 0 Å². The van der Waals surface area contributed by atoms with Crippen LogP contribution in [0.5, 0.6) is 0 Å². The molecular formula is C24H17N3O5S. The Balaban J connectivity index is 1.39. The van der Waals surface area contributed by atoms with E-state index in [2.05, 4.69) is 14.9 Å². The normalized spacial score (nSPS) is 11.5. The van der Waals surface area contributed by atoms with Crippen LogP contribution < -0.4 is 10.3 Å². The van der Waals surface area contributed by atoms with Gasteiger partial charge in [0.15, 0.2) is 0 Å². The van der Waals surface area contributed by atoms with E-state index in [1.54, 1.807) is 66.7 Å². The van der Waals surface area contributed by atoms with E-state index in [1.165, 1.54) is 0 Å².